The molecule has 2 N–H and O–H groups in total. The number of nitrogens with one attached hydrogen (secondary N) is 2. The zero-order chi connectivity index (χ0) is 10.1. The first-order chi connectivity index (χ1) is 6.33. The van der Waals surface area contributed by atoms with Gasteiger partial charge >= 0.3 is 0 Å². The van der Waals surface area contributed by atoms with Crippen molar-refractivity contribution in [2.75, 3.05) is 33.7 Å². The molecule has 1 heterocycles. The topological polar surface area (TPSA) is 27.3 Å². The summed E-state index contributed by atoms with van der Waals surface area (Å²) < 4.78 is 0. The Morgan fingerprint density at radius 1 is 1.23 bits per heavy atom. The summed E-state index contributed by atoms with van der Waals surface area (Å²) in [7, 11) is 4.12. The van der Waals surface area contributed by atoms with Crippen LogP contribution in [0.2, 0.25) is 0 Å². The molecular formula is C10H25N3. The van der Waals surface area contributed by atoms with Crippen LogP contribution in [-0.4, -0.2) is 38.6 Å². The predicted octanol–water partition coefficient (Wildman–Crippen LogP) is 1.08. The lowest BCUT2D eigenvalue weighted by atomic mass is 9.97. The van der Waals surface area contributed by atoms with Crippen molar-refractivity contribution in [1.29, 1.82) is 0 Å². The molecule has 1 fully saturated rings. The van der Waals surface area contributed by atoms with Gasteiger partial charge in [0.25, 0.3) is 0 Å². The molecule has 1 aliphatic rings. The van der Waals surface area contributed by atoms with Crippen LogP contribution in [0.1, 0.15) is 26.7 Å². The summed E-state index contributed by atoms with van der Waals surface area (Å²) in [6.45, 7) is 7.64. The number of nitrogens with zero attached hydrogens (tertiary/aromatic N) is 1. The molecule has 0 bridgehead atoms. The molecule has 0 saturated carbocycles. The second-order valence-corrected chi connectivity index (χ2v) is 3.38. The van der Waals surface area contributed by atoms with Crippen LogP contribution in [0.3, 0.4) is 0 Å². The third-order valence-corrected chi connectivity index (χ3v) is 2.41. The number of piperidine rings is 1. The van der Waals surface area contributed by atoms with E-state index < -0.39 is 0 Å². The van der Waals surface area contributed by atoms with Crippen molar-refractivity contribution in [1.82, 2.24) is 15.8 Å². The molecule has 3 nitrogen and oxygen atoms in total. The standard InChI is InChI=1S/C8H19N3.C2H6/c1-9-10-7-8-3-5-11(2)6-4-8;1-2/h8-10H,3-7H2,1-2H3;1-2H3. The fraction of sp³-hybridized carbons (Fsp3) is 1.00. The van der Waals surface area contributed by atoms with E-state index in [9.17, 15) is 0 Å². The summed E-state index contributed by atoms with van der Waals surface area (Å²) in [6, 6.07) is 0. The van der Waals surface area contributed by atoms with Crippen molar-refractivity contribution in [2.24, 2.45) is 5.92 Å². The number of hydrazine groups is 1. The number of hydrogen-bond donors (Lipinski definition) is 2. The van der Waals surface area contributed by atoms with Crippen LogP contribution < -0.4 is 10.9 Å². The predicted molar refractivity (Wildman–Crippen MR) is 58.6 cm³/mol. The van der Waals surface area contributed by atoms with E-state index in [1.165, 1.54) is 25.9 Å². The maximum Gasteiger partial charge on any atom is 0.0129 e. The quantitative estimate of drug-likeness (QED) is 0.647. The first-order valence-corrected chi connectivity index (χ1v) is 5.41. The summed E-state index contributed by atoms with van der Waals surface area (Å²) in [5.74, 6) is 0.874. The highest BCUT2D eigenvalue weighted by Gasteiger charge is 2.15. The lowest BCUT2D eigenvalue weighted by molar-refractivity contribution is 0.213. The molecule has 1 aliphatic heterocycles. The Morgan fingerprint density at radius 3 is 2.23 bits per heavy atom. The monoisotopic (exact) mass is 187 g/mol. The van der Waals surface area contributed by atoms with Gasteiger partial charge in [-0.1, -0.05) is 13.8 Å². The highest BCUT2D eigenvalue weighted by atomic mass is 15.3. The minimum atomic E-state index is 0.874. The van der Waals surface area contributed by atoms with E-state index in [1.54, 1.807) is 0 Å². The molecule has 0 unspecified atom stereocenters. The second kappa shape index (κ2) is 8.48. The Labute approximate surface area is 82.9 Å². The minimum Gasteiger partial charge on any atom is -0.306 e. The Hall–Kier alpha value is -0.120. The maximum atomic E-state index is 3.16. The van der Waals surface area contributed by atoms with E-state index >= 15 is 0 Å². The first kappa shape index (κ1) is 12.9. The van der Waals surface area contributed by atoms with E-state index in [1.807, 2.05) is 20.9 Å². The zero-order valence-electron chi connectivity index (χ0n) is 9.56. The smallest absolute Gasteiger partial charge is 0.0129 e. The fourth-order valence-electron chi connectivity index (χ4n) is 1.51. The molecule has 1 saturated heterocycles. The van der Waals surface area contributed by atoms with Crippen molar-refractivity contribution in [3.63, 3.8) is 0 Å². The second-order valence-electron chi connectivity index (χ2n) is 3.38. The zero-order valence-corrected chi connectivity index (χ0v) is 9.56. The van der Waals surface area contributed by atoms with Crippen molar-refractivity contribution in [3.8, 4) is 0 Å². The third kappa shape index (κ3) is 6.02. The van der Waals surface area contributed by atoms with Crippen LogP contribution in [0.25, 0.3) is 0 Å². The van der Waals surface area contributed by atoms with Gasteiger partial charge in [0.2, 0.25) is 0 Å². The van der Waals surface area contributed by atoms with Gasteiger partial charge in [0.15, 0.2) is 0 Å². The first-order valence-electron chi connectivity index (χ1n) is 5.41. The normalized spacial score (nSPS) is 19.4. The lowest BCUT2D eigenvalue weighted by Gasteiger charge is -2.28. The Bertz CT molecular complexity index is 95.6. The molecule has 80 valence electrons. The van der Waals surface area contributed by atoms with Gasteiger partial charge in [-0.25, -0.2) is 0 Å². The van der Waals surface area contributed by atoms with E-state index in [-0.39, 0.29) is 0 Å². The molecule has 0 aromatic rings. The fourth-order valence-corrected chi connectivity index (χ4v) is 1.51. The van der Waals surface area contributed by atoms with Gasteiger partial charge in [-0.15, -0.1) is 0 Å². The van der Waals surface area contributed by atoms with Crippen LogP contribution in [0.5, 0.6) is 0 Å². The summed E-state index contributed by atoms with van der Waals surface area (Å²) >= 11 is 0. The third-order valence-electron chi connectivity index (χ3n) is 2.41. The van der Waals surface area contributed by atoms with Crippen molar-refractivity contribution in [3.05, 3.63) is 0 Å². The van der Waals surface area contributed by atoms with E-state index in [2.05, 4.69) is 22.8 Å². The molecule has 0 amide bonds. The molecule has 1 rings (SSSR count). The van der Waals surface area contributed by atoms with Gasteiger partial charge in [-0.3, -0.25) is 10.9 Å². The van der Waals surface area contributed by atoms with E-state index in [0.717, 1.165) is 12.5 Å². The molecule has 0 atom stereocenters. The average Bonchev–Trinajstić information content (AvgIpc) is 2.20. The van der Waals surface area contributed by atoms with Crippen molar-refractivity contribution >= 4 is 0 Å². The van der Waals surface area contributed by atoms with Gasteiger partial charge < -0.3 is 4.90 Å². The van der Waals surface area contributed by atoms with E-state index in [4.69, 9.17) is 0 Å². The molecule has 0 aromatic heterocycles. The number of rotatable bonds is 3. The van der Waals surface area contributed by atoms with Crippen molar-refractivity contribution < 1.29 is 0 Å². The maximum absolute atomic E-state index is 3.16. The summed E-state index contributed by atoms with van der Waals surface area (Å²) in [5.41, 5.74) is 6.13. The molecule has 3 heteroatoms. The van der Waals surface area contributed by atoms with Gasteiger partial charge in [0.05, 0.1) is 0 Å². The lowest BCUT2D eigenvalue weighted by Crippen LogP contribution is -2.38. The van der Waals surface area contributed by atoms with Crippen LogP contribution >= 0.6 is 0 Å². The van der Waals surface area contributed by atoms with Gasteiger partial charge in [-0.05, 0) is 45.9 Å². The Kier molecular flexibility index (Phi) is 8.40. The molecule has 13 heavy (non-hydrogen) atoms. The summed E-state index contributed by atoms with van der Waals surface area (Å²) in [5, 5.41) is 0. The Balaban J connectivity index is 0.000000671. The summed E-state index contributed by atoms with van der Waals surface area (Å²) in [6.07, 6.45) is 2.68. The van der Waals surface area contributed by atoms with Gasteiger partial charge in [-0.2, -0.15) is 0 Å². The van der Waals surface area contributed by atoms with Crippen molar-refractivity contribution in [2.45, 2.75) is 26.7 Å². The number of likely N-dealkylation sites (tertiary alicyclic amines) is 1. The average molecular weight is 187 g/mol. The van der Waals surface area contributed by atoms with Crippen LogP contribution in [0, 0.1) is 5.92 Å². The van der Waals surface area contributed by atoms with Crippen LogP contribution in [0.4, 0.5) is 0 Å². The molecule has 0 aromatic carbocycles. The SMILES string of the molecule is CC.CNNCC1CCN(C)CC1. The molecule has 0 aliphatic carbocycles. The highest BCUT2D eigenvalue weighted by Crippen LogP contribution is 2.14. The highest BCUT2D eigenvalue weighted by molar-refractivity contribution is 4.70. The van der Waals surface area contributed by atoms with Crippen LogP contribution in [0.15, 0.2) is 0 Å². The summed E-state index contributed by atoms with van der Waals surface area (Å²) in [4.78, 5) is 2.40. The molecule has 0 radical (unpaired) electrons. The van der Waals surface area contributed by atoms with Gasteiger partial charge in [0.1, 0.15) is 0 Å². The largest absolute Gasteiger partial charge is 0.306 e. The Morgan fingerprint density at radius 2 is 1.77 bits per heavy atom. The number of hydrogen-bond acceptors (Lipinski definition) is 3. The minimum absolute atomic E-state index is 0.874. The van der Waals surface area contributed by atoms with Crippen LogP contribution in [-0.2, 0) is 0 Å². The molecular weight excluding hydrogens is 162 g/mol. The van der Waals surface area contributed by atoms with Gasteiger partial charge in [0, 0.05) is 6.54 Å². The van der Waals surface area contributed by atoms with E-state index in [0.29, 0.717) is 0 Å². The molecule has 0 spiro atoms.